The fourth-order valence-electron chi connectivity index (χ4n) is 8.34. The van der Waals surface area contributed by atoms with Crippen molar-refractivity contribution in [3.63, 3.8) is 0 Å². The third-order valence-corrected chi connectivity index (χ3v) is 15.6. The summed E-state index contributed by atoms with van der Waals surface area (Å²) in [6.07, 6.45) is 8.99. The van der Waals surface area contributed by atoms with E-state index in [1.54, 1.807) is 0 Å². The Morgan fingerprint density at radius 1 is 0.581 bits per heavy atom. The highest BCUT2D eigenvalue weighted by Crippen LogP contribution is 2.48. The molecule has 2 heterocycles. The van der Waals surface area contributed by atoms with Crippen molar-refractivity contribution in [2.45, 2.75) is 42.8 Å². The van der Waals surface area contributed by atoms with Crippen molar-refractivity contribution in [1.29, 1.82) is 0 Å². The van der Waals surface area contributed by atoms with Crippen LogP contribution < -0.4 is 25.8 Å². The summed E-state index contributed by atoms with van der Waals surface area (Å²) >= 11 is 0. The fraction of sp³-hybridized carbons (Fsp3) is 0.200. The molecule has 1 fully saturated rings. The summed E-state index contributed by atoms with van der Waals surface area (Å²) in [5, 5.41) is 8.35. The first kappa shape index (κ1) is 26.4. The smallest absolute Gasteiger partial charge is 0.155 e. The molecule has 0 spiro atoms. The lowest BCUT2D eigenvalue weighted by Gasteiger charge is -2.42. The number of nitrogens with one attached hydrogen (secondary N) is 1. The van der Waals surface area contributed by atoms with Gasteiger partial charge in [-0.15, -0.1) is 0 Å². The number of nitrogens with zero attached hydrogens (tertiary/aromatic N) is 1. The van der Waals surface area contributed by atoms with E-state index in [2.05, 4.69) is 162 Å². The quantitative estimate of drug-likeness (QED) is 0.131. The number of anilines is 2. The molecule has 1 saturated heterocycles. The first-order valence-electron chi connectivity index (χ1n) is 15.9. The van der Waals surface area contributed by atoms with Gasteiger partial charge in [-0.3, -0.25) is 5.32 Å². The molecular weight excluding hydrogens is 537 g/mol. The van der Waals surface area contributed by atoms with Crippen LogP contribution in [0.1, 0.15) is 42.2 Å². The van der Waals surface area contributed by atoms with Gasteiger partial charge in [0.1, 0.15) is 0 Å². The average molecular weight is 575 g/mol. The maximum atomic E-state index is 3.85. The summed E-state index contributed by atoms with van der Waals surface area (Å²) in [6.45, 7) is 1.07. The number of rotatable bonds is 6. The normalized spacial score (nSPS) is 22.7. The van der Waals surface area contributed by atoms with Crippen LogP contribution in [-0.2, 0) is 0 Å². The summed E-state index contributed by atoms with van der Waals surface area (Å²) in [5.41, 5.74) is 6.04. The highest BCUT2D eigenvalue weighted by Gasteiger charge is 2.48. The number of para-hydroxylation sites is 1. The summed E-state index contributed by atoms with van der Waals surface area (Å²) in [4.78, 5) is 2.59. The number of benzene rings is 5. The molecule has 2 nitrogen and oxygen atoms in total. The highest BCUT2D eigenvalue weighted by atomic mass is 28.3. The Morgan fingerprint density at radius 2 is 1.21 bits per heavy atom. The molecule has 1 aliphatic carbocycles. The number of hydrogen-bond acceptors (Lipinski definition) is 2. The van der Waals surface area contributed by atoms with E-state index < -0.39 is 8.07 Å². The first-order chi connectivity index (χ1) is 21.3. The third-order valence-electron chi connectivity index (χ3n) is 10.3. The van der Waals surface area contributed by atoms with Crippen LogP contribution in [0.25, 0.3) is 0 Å². The zero-order chi connectivity index (χ0) is 28.6. The van der Waals surface area contributed by atoms with Crippen molar-refractivity contribution in [2.24, 2.45) is 0 Å². The molecule has 2 aliphatic heterocycles. The summed E-state index contributed by atoms with van der Waals surface area (Å²) in [5.74, 6) is 1.00. The van der Waals surface area contributed by atoms with Gasteiger partial charge in [-0.05, 0) is 76.2 Å². The zero-order valence-corrected chi connectivity index (χ0v) is 25.5. The van der Waals surface area contributed by atoms with Gasteiger partial charge in [0.2, 0.25) is 0 Å². The number of fused-ring (bicyclic) bond motifs is 3. The van der Waals surface area contributed by atoms with Gasteiger partial charge in [0, 0.05) is 23.2 Å². The summed E-state index contributed by atoms with van der Waals surface area (Å²) < 4.78 is 0. The molecule has 0 amide bonds. The largest absolute Gasteiger partial charge is 0.325 e. The minimum Gasteiger partial charge on any atom is -0.325 e. The van der Waals surface area contributed by atoms with E-state index >= 15 is 0 Å². The van der Waals surface area contributed by atoms with Crippen LogP contribution in [0.3, 0.4) is 0 Å². The maximum Gasteiger partial charge on any atom is 0.155 e. The molecule has 3 heteroatoms. The molecule has 0 saturated carbocycles. The van der Waals surface area contributed by atoms with E-state index in [1.807, 2.05) is 0 Å². The van der Waals surface area contributed by atoms with Gasteiger partial charge in [-0.1, -0.05) is 133 Å². The molecule has 212 valence electrons. The van der Waals surface area contributed by atoms with Gasteiger partial charge in [-0.2, -0.15) is 0 Å². The molecule has 43 heavy (non-hydrogen) atoms. The van der Waals surface area contributed by atoms with Crippen LogP contribution >= 0.6 is 0 Å². The lowest BCUT2D eigenvalue weighted by atomic mass is 9.89. The predicted molar refractivity (Wildman–Crippen MR) is 183 cm³/mol. The molecule has 0 radical (unpaired) electrons. The average Bonchev–Trinajstić information content (AvgIpc) is 3.68. The topological polar surface area (TPSA) is 15.3 Å². The lowest BCUT2D eigenvalue weighted by molar-refractivity contribution is 0.591. The lowest BCUT2D eigenvalue weighted by Crippen LogP contribution is -2.69. The van der Waals surface area contributed by atoms with Crippen molar-refractivity contribution in [1.82, 2.24) is 5.32 Å². The van der Waals surface area contributed by atoms with Crippen LogP contribution in [0.5, 0.6) is 0 Å². The van der Waals surface area contributed by atoms with Crippen LogP contribution in [0.15, 0.2) is 152 Å². The van der Waals surface area contributed by atoms with Gasteiger partial charge in [0.25, 0.3) is 0 Å². The molecule has 0 aromatic heterocycles. The Hall–Kier alpha value is -4.18. The van der Waals surface area contributed by atoms with Gasteiger partial charge in [-0.25, -0.2) is 0 Å². The second kappa shape index (κ2) is 11.1. The SMILES string of the molecule is C1=CC([Si](c2ccccc2)(c2ccccc2)c2ccc3c(c2)N(c2ccccc2)C2NCCC32)CCC1c1ccccc1. The highest BCUT2D eigenvalue weighted by molar-refractivity contribution is 7.12. The van der Waals surface area contributed by atoms with Gasteiger partial charge in [0.15, 0.2) is 8.07 Å². The summed E-state index contributed by atoms with van der Waals surface area (Å²) in [6, 6.07) is 52.6. The molecule has 4 unspecified atom stereocenters. The monoisotopic (exact) mass is 574 g/mol. The standard InChI is InChI=1S/C40H38N2Si/c1-5-13-30(14-6-1)31-21-23-35(24-22-31)43(33-17-9-3-10-18-33,34-19-11-4-12-20-34)36-25-26-37-38-27-28-41-40(38)42(39(37)29-36)32-15-7-2-8-16-32/h1-21,23,25-26,29,31,35,38,40-41H,22,24,27-28H2. The minimum absolute atomic E-state index is 0.318. The van der Waals surface area contributed by atoms with E-state index in [1.165, 1.54) is 57.3 Å². The maximum absolute atomic E-state index is 3.85. The van der Waals surface area contributed by atoms with Crippen molar-refractivity contribution >= 4 is 35.0 Å². The van der Waals surface area contributed by atoms with E-state index in [4.69, 9.17) is 0 Å². The molecule has 5 aromatic rings. The van der Waals surface area contributed by atoms with E-state index in [-0.39, 0.29) is 0 Å². The number of allylic oxidation sites excluding steroid dienone is 2. The predicted octanol–water partition coefficient (Wildman–Crippen LogP) is 7.22. The third kappa shape index (κ3) is 4.42. The van der Waals surface area contributed by atoms with Gasteiger partial charge in [0.05, 0.1) is 6.17 Å². The Bertz CT molecular complexity index is 1680. The van der Waals surface area contributed by atoms with Crippen molar-refractivity contribution < 1.29 is 0 Å². The zero-order valence-electron chi connectivity index (χ0n) is 24.5. The van der Waals surface area contributed by atoms with Crippen LogP contribution in [0.2, 0.25) is 5.54 Å². The van der Waals surface area contributed by atoms with Crippen molar-refractivity contribution in [2.75, 3.05) is 11.4 Å². The van der Waals surface area contributed by atoms with Crippen molar-refractivity contribution in [3.05, 3.63) is 163 Å². The van der Waals surface area contributed by atoms with Crippen molar-refractivity contribution in [3.8, 4) is 0 Å². The Balaban J connectivity index is 1.33. The van der Waals surface area contributed by atoms with Crippen LogP contribution in [-0.4, -0.2) is 20.8 Å². The molecule has 8 rings (SSSR count). The summed E-state index contributed by atoms with van der Waals surface area (Å²) in [7, 11) is -2.50. The molecule has 4 atom stereocenters. The van der Waals surface area contributed by atoms with Gasteiger partial charge < -0.3 is 4.90 Å². The molecule has 0 bridgehead atoms. The second-order valence-corrected chi connectivity index (χ2v) is 16.5. The van der Waals surface area contributed by atoms with E-state index in [0.29, 0.717) is 23.5 Å². The van der Waals surface area contributed by atoms with E-state index in [9.17, 15) is 0 Å². The molecule has 1 N–H and O–H groups in total. The molecule has 5 aromatic carbocycles. The number of hydrogen-bond donors (Lipinski definition) is 1. The van der Waals surface area contributed by atoms with Crippen LogP contribution in [0.4, 0.5) is 11.4 Å². The van der Waals surface area contributed by atoms with E-state index in [0.717, 1.165) is 6.54 Å². The van der Waals surface area contributed by atoms with Crippen LogP contribution in [0, 0.1) is 0 Å². The first-order valence-corrected chi connectivity index (χ1v) is 18.0. The second-order valence-electron chi connectivity index (χ2n) is 12.4. The molecule has 3 aliphatic rings. The Labute approximate surface area is 256 Å². The molecular formula is C40H38N2Si. The Kier molecular flexibility index (Phi) is 6.85. The fourth-order valence-corrected chi connectivity index (χ4v) is 13.8. The minimum atomic E-state index is -2.50. The van der Waals surface area contributed by atoms with Gasteiger partial charge >= 0.3 is 0 Å². The Morgan fingerprint density at radius 3 is 1.84 bits per heavy atom.